The molecule has 1 rings (SSSR count). The van der Waals surface area contributed by atoms with Crippen molar-refractivity contribution in [2.75, 3.05) is 20.7 Å². The first-order valence-corrected chi connectivity index (χ1v) is 5.24. The lowest BCUT2D eigenvalue weighted by atomic mass is 10.0. The molecule has 0 saturated heterocycles. The van der Waals surface area contributed by atoms with Crippen molar-refractivity contribution in [2.45, 2.75) is 12.5 Å². The number of rotatable bonds is 4. The van der Waals surface area contributed by atoms with Crippen molar-refractivity contribution >= 4 is 5.91 Å². The van der Waals surface area contributed by atoms with Crippen molar-refractivity contribution in [2.24, 2.45) is 5.73 Å². The highest BCUT2D eigenvalue weighted by Crippen LogP contribution is 2.14. The highest BCUT2D eigenvalue weighted by atomic mass is 16.3. The lowest BCUT2D eigenvalue weighted by Gasteiger charge is -2.13. The van der Waals surface area contributed by atoms with E-state index in [-0.39, 0.29) is 18.6 Å². The minimum Gasteiger partial charge on any atom is -0.396 e. The fraction of sp³-hybridized carbons (Fsp3) is 0.417. The Morgan fingerprint density at radius 3 is 2.38 bits per heavy atom. The number of nitrogens with zero attached hydrogens (tertiary/aromatic N) is 1. The molecule has 0 aliphatic heterocycles. The molecule has 4 nitrogen and oxygen atoms in total. The quantitative estimate of drug-likeness (QED) is 0.790. The Balaban J connectivity index is 2.79. The van der Waals surface area contributed by atoms with E-state index in [4.69, 9.17) is 10.8 Å². The lowest BCUT2D eigenvalue weighted by molar-refractivity contribution is 0.0827. The first-order valence-electron chi connectivity index (χ1n) is 5.24. The topological polar surface area (TPSA) is 66.6 Å². The number of amides is 1. The molecular formula is C12H18N2O2. The average Bonchev–Trinajstić information content (AvgIpc) is 2.28. The van der Waals surface area contributed by atoms with Gasteiger partial charge in [-0.3, -0.25) is 4.79 Å². The zero-order valence-electron chi connectivity index (χ0n) is 9.68. The number of carbonyl (C=O) groups excluding carboxylic acids is 1. The normalized spacial score (nSPS) is 12.2. The third-order valence-corrected chi connectivity index (χ3v) is 2.43. The molecule has 16 heavy (non-hydrogen) atoms. The van der Waals surface area contributed by atoms with Gasteiger partial charge < -0.3 is 15.7 Å². The van der Waals surface area contributed by atoms with E-state index in [1.807, 2.05) is 12.1 Å². The van der Waals surface area contributed by atoms with Crippen molar-refractivity contribution in [3.05, 3.63) is 35.4 Å². The minimum atomic E-state index is -0.173. The molecule has 0 spiro atoms. The molecule has 1 atom stereocenters. The summed E-state index contributed by atoms with van der Waals surface area (Å²) in [5.41, 5.74) is 7.41. The Bertz CT molecular complexity index is 347. The van der Waals surface area contributed by atoms with Gasteiger partial charge in [0.2, 0.25) is 0 Å². The summed E-state index contributed by atoms with van der Waals surface area (Å²) in [5.74, 6) is -0.0257. The van der Waals surface area contributed by atoms with E-state index in [0.29, 0.717) is 12.0 Å². The Kier molecular flexibility index (Phi) is 4.46. The van der Waals surface area contributed by atoms with E-state index in [0.717, 1.165) is 5.56 Å². The number of hydrogen-bond acceptors (Lipinski definition) is 3. The van der Waals surface area contributed by atoms with Gasteiger partial charge in [-0.05, 0) is 24.1 Å². The van der Waals surface area contributed by atoms with E-state index in [1.54, 1.807) is 26.2 Å². The Labute approximate surface area is 95.7 Å². The van der Waals surface area contributed by atoms with Gasteiger partial charge in [0.1, 0.15) is 0 Å². The van der Waals surface area contributed by atoms with Crippen LogP contribution in [-0.4, -0.2) is 36.6 Å². The predicted octanol–water partition coefficient (Wildman–Crippen LogP) is 0.771. The van der Waals surface area contributed by atoms with E-state index >= 15 is 0 Å². The zero-order chi connectivity index (χ0) is 12.1. The predicted molar refractivity (Wildman–Crippen MR) is 63.1 cm³/mol. The smallest absolute Gasteiger partial charge is 0.253 e. The van der Waals surface area contributed by atoms with Gasteiger partial charge in [-0.2, -0.15) is 0 Å². The standard InChI is InChI=1S/C12H18N2O2/c1-14(2)12(16)10-5-3-9(4-6-10)11(13)7-8-15/h3-6,11,15H,7-8,13H2,1-2H3. The van der Waals surface area contributed by atoms with Gasteiger partial charge in [-0.25, -0.2) is 0 Å². The summed E-state index contributed by atoms with van der Waals surface area (Å²) in [6.07, 6.45) is 0.529. The molecule has 88 valence electrons. The second-order valence-electron chi connectivity index (χ2n) is 3.94. The van der Waals surface area contributed by atoms with Gasteiger partial charge in [-0.15, -0.1) is 0 Å². The van der Waals surface area contributed by atoms with Crippen LogP contribution in [0.3, 0.4) is 0 Å². The summed E-state index contributed by atoms with van der Waals surface area (Å²) in [7, 11) is 3.43. The molecule has 0 saturated carbocycles. The third-order valence-electron chi connectivity index (χ3n) is 2.43. The first kappa shape index (κ1) is 12.7. The monoisotopic (exact) mass is 222 g/mol. The first-order chi connectivity index (χ1) is 7.56. The van der Waals surface area contributed by atoms with Crippen LogP contribution in [0.1, 0.15) is 28.4 Å². The van der Waals surface area contributed by atoms with Crippen LogP contribution < -0.4 is 5.73 Å². The summed E-state index contributed by atoms with van der Waals surface area (Å²) in [6, 6.07) is 7.01. The number of nitrogens with two attached hydrogens (primary N) is 1. The SMILES string of the molecule is CN(C)C(=O)c1ccc(C(N)CCO)cc1. The van der Waals surface area contributed by atoms with Crippen LogP contribution >= 0.6 is 0 Å². The van der Waals surface area contributed by atoms with Gasteiger partial charge >= 0.3 is 0 Å². The fourth-order valence-electron chi connectivity index (χ4n) is 1.44. The third kappa shape index (κ3) is 3.05. The largest absolute Gasteiger partial charge is 0.396 e. The molecule has 0 fully saturated rings. The van der Waals surface area contributed by atoms with Crippen molar-refractivity contribution in [1.82, 2.24) is 4.90 Å². The van der Waals surface area contributed by atoms with E-state index in [1.165, 1.54) is 4.90 Å². The highest BCUT2D eigenvalue weighted by molar-refractivity contribution is 5.93. The molecule has 1 aromatic rings. The van der Waals surface area contributed by atoms with Crippen LogP contribution in [0.15, 0.2) is 24.3 Å². The Hall–Kier alpha value is -1.39. The Morgan fingerprint density at radius 2 is 1.94 bits per heavy atom. The molecular weight excluding hydrogens is 204 g/mol. The zero-order valence-corrected chi connectivity index (χ0v) is 9.68. The van der Waals surface area contributed by atoms with Gasteiger partial charge in [-0.1, -0.05) is 12.1 Å². The number of aliphatic hydroxyl groups excluding tert-OH is 1. The molecule has 4 heteroatoms. The molecule has 0 aromatic heterocycles. The van der Waals surface area contributed by atoms with E-state index < -0.39 is 0 Å². The van der Waals surface area contributed by atoms with Crippen LogP contribution in [0.5, 0.6) is 0 Å². The van der Waals surface area contributed by atoms with Crippen LogP contribution in [0.25, 0.3) is 0 Å². The molecule has 0 aliphatic rings. The highest BCUT2D eigenvalue weighted by Gasteiger charge is 2.09. The number of carbonyl (C=O) groups is 1. The summed E-state index contributed by atoms with van der Waals surface area (Å²) in [4.78, 5) is 13.1. The fourth-order valence-corrected chi connectivity index (χ4v) is 1.44. The number of hydrogen-bond donors (Lipinski definition) is 2. The van der Waals surface area contributed by atoms with Gasteiger partial charge in [0.15, 0.2) is 0 Å². The molecule has 0 heterocycles. The van der Waals surface area contributed by atoms with Crippen molar-refractivity contribution in [1.29, 1.82) is 0 Å². The average molecular weight is 222 g/mol. The van der Waals surface area contributed by atoms with Crippen molar-refractivity contribution in [3.63, 3.8) is 0 Å². The van der Waals surface area contributed by atoms with Crippen molar-refractivity contribution in [3.8, 4) is 0 Å². The van der Waals surface area contributed by atoms with Crippen LogP contribution in [-0.2, 0) is 0 Å². The second-order valence-corrected chi connectivity index (χ2v) is 3.94. The maximum Gasteiger partial charge on any atom is 0.253 e. The Morgan fingerprint density at radius 1 is 1.38 bits per heavy atom. The molecule has 0 radical (unpaired) electrons. The van der Waals surface area contributed by atoms with Gasteiger partial charge in [0.25, 0.3) is 5.91 Å². The van der Waals surface area contributed by atoms with Crippen LogP contribution in [0.2, 0.25) is 0 Å². The van der Waals surface area contributed by atoms with Crippen LogP contribution in [0, 0.1) is 0 Å². The summed E-state index contributed by atoms with van der Waals surface area (Å²) in [6.45, 7) is 0.0690. The van der Waals surface area contributed by atoms with Crippen LogP contribution in [0.4, 0.5) is 0 Å². The maximum absolute atomic E-state index is 11.6. The molecule has 1 amide bonds. The van der Waals surface area contributed by atoms with Gasteiger partial charge in [0.05, 0.1) is 0 Å². The van der Waals surface area contributed by atoms with Gasteiger partial charge in [0, 0.05) is 32.3 Å². The molecule has 0 aliphatic carbocycles. The molecule has 1 aromatic carbocycles. The van der Waals surface area contributed by atoms with E-state index in [9.17, 15) is 4.79 Å². The molecule has 0 bridgehead atoms. The molecule has 3 N–H and O–H groups in total. The summed E-state index contributed by atoms with van der Waals surface area (Å²) >= 11 is 0. The summed E-state index contributed by atoms with van der Waals surface area (Å²) < 4.78 is 0. The maximum atomic E-state index is 11.6. The molecule has 1 unspecified atom stereocenters. The second kappa shape index (κ2) is 5.63. The lowest BCUT2D eigenvalue weighted by Crippen LogP contribution is -2.21. The number of benzene rings is 1. The summed E-state index contributed by atoms with van der Waals surface area (Å²) in [5, 5.41) is 8.77. The number of aliphatic hydroxyl groups is 1. The van der Waals surface area contributed by atoms with E-state index in [2.05, 4.69) is 0 Å². The minimum absolute atomic E-state index is 0.0257. The van der Waals surface area contributed by atoms with Crippen molar-refractivity contribution < 1.29 is 9.90 Å².